The first-order chi connectivity index (χ1) is 10.9. The van der Waals surface area contributed by atoms with Gasteiger partial charge in [0.1, 0.15) is 12.4 Å². The van der Waals surface area contributed by atoms with Crippen LogP contribution in [0, 0.1) is 0 Å². The number of carbonyl (C=O) groups excluding carboxylic acids is 1. The molecule has 0 N–H and O–H groups in total. The minimum Gasteiger partial charge on any atom is -0.489 e. The fraction of sp³-hybridized carbons (Fsp3) is 0.188. The highest BCUT2D eigenvalue weighted by molar-refractivity contribution is 8.00. The van der Waals surface area contributed by atoms with Crippen LogP contribution in [0.1, 0.15) is 15.9 Å². The van der Waals surface area contributed by atoms with Crippen LogP contribution in [-0.2, 0) is 11.3 Å². The second kappa shape index (κ2) is 7.41. The molecular formula is C16H13F3O3S. The van der Waals surface area contributed by atoms with E-state index in [1.165, 1.54) is 19.2 Å². The number of benzene rings is 2. The van der Waals surface area contributed by atoms with Gasteiger partial charge in [-0.1, -0.05) is 12.1 Å². The van der Waals surface area contributed by atoms with E-state index in [-0.39, 0.29) is 23.3 Å². The van der Waals surface area contributed by atoms with E-state index < -0.39 is 11.5 Å². The third-order valence-corrected chi connectivity index (χ3v) is 3.58. The molecule has 0 spiro atoms. The van der Waals surface area contributed by atoms with Gasteiger partial charge in [0.15, 0.2) is 0 Å². The molecular weight excluding hydrogens is 329 g/mol. The van der Waals surface area contributed by atoms with E-state index in [0.29, 0.717) is 11.3 Å². The van der Waals surface area contributed by atoms with Crippen LogP contribution in [0.3, 0.4) is 0 Å². The quantitative estimate of drug-likeness (QED) is 0.585. The fourth-order valence-corrected chi connectivity index (χ4v) is 2.30. The molecule has 122 valence electrons. The predicted octanol–water partition coefficient (Wildman–Crippen LogP) is 4.66. The minimum atomic E-state index is -4.29. The first-order valence-corrected chi connectivity index (χ1v) is 7.35. The van der Waals surface area contributed by atoms with Gasteiger partial charge in [-0.3, -0.25) is 0 Å². The first-order valence-electron chi connectivity index (χ1n) is 6.53. The number of hydrogen-bond donors (Lipinski definition) is 0. The molecule has 2 aromatic rings. The molecule has 7 heteroatoms. The summed E-state index contributed by atoms with van der Waals surface area (Å²) in [5, 5.41) is 0. The zero-order valence-corrected chi connectivity index (χ0v) is 12.9. The molecule has 0 amide bonds. The number of thioether (sulfide) groups is 1. The summed E-state index contributed by atoms with van der Waals surface area (Å²) in [6, 6.07) is 12.4. The summed E-state index contributed by atoms with van der Waals surface area (Å²) < 4.78 is 46.8. The lowest BCUT2D eigenvalue weighted by Crippen LogP contribution is -2.01. The molecule has 0 aliphatic heterocycles. The summed E-state index contributed by atoms with van der Waals surface area (Å²) in [5.41, 5.74) is -3.14. The summed E-state index contributed by atoms with van der Waals surface area (Å²) in [7, 11) is 1.30. The Morgan fingerprint density at radius 3 is 2.17 bits per heavy atom. The van der Waals surface area contributed by atoms with Gasteiger partial charge in [-0.25, -0.2) is 4.79 Å². The van der Waals surface area contributed by atoms with Gasteiger partial charge in [-0.05, 0) is 53.7 Å². The molecule has 0 bridgehead atoms. The molecule has 2 aromatic carbocycles. The molecule has 0 atom stereocenters. The molecule has 0 aliphatic rings. The highest BCUT2D eigenvalue weighted by atomic mass is 32.2. The lowest BCUT2D eigenvalue weighted by atomic mass is 10.2. The van der Waals surface area contributed by atoms with Crippen molar-refractivity contribution in [3.8, 4) is 5.75 Å². The maximum atomic E-state index is 12.2. The predicted molar refractivity (Wildman–Crippen MR) is 80.5 cm³/mol. The van der Waals surface area contributed by atoms with E-state index in [2.05, 4.69) is 4.74 Å². The second-order valence-corrected chi connectivity index (χ2v) is 5.63. The lowest BCUT2D eigenvalue weighted by molar-refractivity contribution is -0.0328. The van der Waals surface area contributed by atoms with Crippen molar-refractivity contribution >= 4 is 17.7 Å². The molecule has 23 heavy (non-hydrogen) atoms. The van der Waals surface area contributed by atoms with Crippen molar-refractivity contribution in [2.75, 3.05) is 7.11 Å². The van der Waals surface area contributed by atoms with Crippen molar-refractivity contribution in [3.05, 3.63) is 59.7 Å². The lowest BCUT2D eigenvalue weighted by Gasteiger charge is -2.08. The Morgan fingerprint density at radius 1 is 1.04 bits per heavy atom. The fourth-order valence-electron chi connectivity index (χ4n) is 1.76. The van der Waals surface area contributed by atoms with Gasteiger partial charge in [0.25, 0.3) is 0 Å². The summed E-state index contributed by atoms with van der Waals surface area (Å²) in [5.74, 6) is 0.112. The van der Waals surface area contributed by atoms with Crippen molar-refractivity contribution in [2.24, 2.45) is 0 Å². The summed E-state index contributed by atoms with van der Waals surface area (Å²) in [4.78, 5) is 11.4. The van der Waals surface area contributed by atoms with E-state index in [9.17, 15) is 18.0 Å². The van der Waals surface area contributed by atoms with Gasteiger partial charge in [-0.15, -0.1) is 0 Å². The van der Waals surface area contributed by atoms with E-state index in [4.69, 9.17) is 4.74 Å². The van der Waals surface area contributed by atoms with Crippen LogP contribution in [0.25, 0.3) is 0 Å². The number of halogens is 3. The molecule has 3 nitrogen and oxygen atoms in total. The third-order valence-electron chi connectivity index (χ3n) is 2.84. The highest BCUT2D eigenvalue weighted by Crippen LogP contribution is 2.36. The maximum absolute atomic E-state index is 12.2. The summed E-state index contributed by atoms with van der Waals surface area (Å²) >= 11 is -0.154. The zero-order chi connectivity index (χ0) is 16.9. The average molecular weight is 342 g/mol. The van der Waals surface area contributed by atoms with Gasteiger partial charge < -0.3 is 9.47 Å². The average Bonchev–Trinajstić information content (AvgIpc) is 2.52. The van der Waals surface area contributed by atoms with E-state index in [0.717, 1.165) is 5.56 Å². The number of hydrogen-bond acceptors (Lipinski definition) is 4. The number of methoxy groups -OCH3 is 1. The summed E-state index contributed by atoms with van der Waals surface area (Å²) in [6.45, 7) is 0.217. The highest BCUT2D eigenvalue weighted by Gasteiger charge is 2.28. The molecule has 0 saturated carbocycles. The molecule has 0 aromatic heterocycles. The summed E-state index contributed by atoms with van der Waals surface area (Å²) in [6.07, 6.45) is 0. The Bertz CT molecular complexity index is 652. The van der Waals surface area contributed by atoms with Crippen molar-refractivity contribution in [2.45, 2.75) is 17.0 Å². The van der Waals surface area contributed by atoms with Gasteiger partial charge in [0.05, 0.1) is 12.7 Å². The van der Waals surface area contributed by atoms with Gasteiger partial charge in [-0.2, -0.15) is 13.2 Å². The van der Waals surface area contributed by atoms with Gasteiger partial charge in [0, 0.05) is 4.90 Å². The molecule has 0 heterocycles. The smallest absolute Gasteiger partial charge is 0.446 e. The van der Waals surface area contributed by atoms with Crippen LogP contribution < -0.4 is 4.74 Å². The monoisotopic (exact) mass is 342 g/mol. The Hall–Kier alpha value is -2.15. The molecule has 2 rings (SSSR count). The first kappa shape index (κ1) is 17.2. The van der Waals surface area contributed by atoms with E-state index in [1.807, 2.05) is 0 Å². The third kappa shape index (κ3) is 5.52. The van der Waals surface area contributed by atoms with Crippen LogP contribution in [0.15, 0.2) is 53.4 Å². The standard InChI is InChI=1S/C16H13F3O3S/c1-21-15(20)12-4-6-13(7-5-12)22-10-11-2-8-14(9-3-11)23-16(17,18)19/h2-9H,10H2,1H3. The van der Waals surface area contributed by atoms with Crippen molar-refractivity contribution < 1.29 is 27.4 Å². The number of alkyl halides is 3. The van der Waals surface area contributed by atoms with Crippen LogP contribution >= 0.6 is 11.8 Å². The topological polar surface area (TPSA) is 35.5 Å². The number of ether oxygens (including phenoxy) is 2. The SMILES string of the molecule is COC(=O)c1ccc(OCc2ccc(SC(F)(F)F)cc2)cc1. The normalized spacial score (nSPS) is 11.1. The minimum absolute atomic E-state index is 0.128. The van der Waals surface area contributed by atoms with Crippen molar-refractivity contribution in [3.63, 3.8) is 0 Å². The second-order valence-electron chi connectivity index (χ2n) is 4.50. The number of esters is 1. The molecule has 0 radical (unpaired) electrons. The number of rotatable bonds is 5. The van der Waals surface area contributed by atoms with Crippen LogP contribution in [-0.4, -0.2) is 18.6 Å². The van der Waals surface area contributed by atoms with Crippen LogP contribution in [0.2, 0.25) is 0 Å². The Kier molecular flexibility index (Phi) is 5.54. The Labute approximate surface area is 135 Å². The zero-order valence-electron chi connectivity index (χ0n) is 12.1. The van der Waals surface area contributed by atoms with Crippen molar-refractivity contribution in [1.29, 1.82) is 0 Å². The Balaban J connectivity index is 1.92. The maximum Gasteiger partial charge on any atom is 0.446 e. The Morgan fingerprint density at radius 2 is 1.65 bits per heavy atom. The van der Waals surface area contributed by atoms with E-state index >= 15 is 0 Å². The van der Waals surface area contributed by atoms with Gasteiger partial charge >= 0.3 is 11.5 Å². The molecule has 0 aliphatic carbocycles. The molecule has 0 saturated heterocycles. The van der Waals surface area contributed by atoms with Gasteiger partial charge in [0.2, 0.25) is 0 Å². The number of carbonyl (C=O) groups is 1. The molecule has 0 fully saturated rings. The van der Waals surface area contributed by atoms with Crippen LogP contribution in [0.4, 0.5) is 13.2 Å². The molecule has 0 unspecified atom stereocenters. The largest absolute Gasteiger partial charge is 0.489 e. The van der Waals surface area contributed by atoms with Crippen molar-refractivity contribution in [1.82, 2.24) is 0 Å². The van der Waals surface area contributed by atoms with E-state index in [1.54, 1.807) is 36.4 Å². The van der Waals surface area contributed by atoms with Crippen LogP contribution in [0.5, 0.6) is 5.75 Å².